The molecule has 0 N–H and O–H groups in total. The van der Waals surface area contributed by atoms with Gasteiger partial charge < -0.3 is 4.90 Å². The van der Waals surface area contributed by atoms with Crippen molar-refractivity contribution in [1.29, 1.82) is 0 Å². The van der Waals surface area contributed by atoms with E-state index in [2.05, 4.69) is 0 Å². The first-order chi connectivity index (χ1) is 14.2. The molecule has 31 heavy (non-hydrogen) atoms. The van der Waals surface area contributed by atoms with Crippen LogP contribution in [0.25, 0.3) is 0 Å². The van der Waals surface area contributed by atoms with Gasteiger partial charge in [0.25, 0.3) is 0 Å². The molecule has 0 spiro atoms. The number of carbonyl (C=O) groups is 2. The van der Waals surface area contributed by atoms with Gasteiger partial charge in [-0.3, -0.25) is 9.59 Å². The second-order valence-corrected chi connectivity index (χ2v) is 11.4. The molecule has 2 rings (SSSR count). The van der Waals surface area contributed by atoms with E-state index in [4.69, 9.17) is 11.6 Å². The molecule has 0 heterocycles. The predicted octanol–water partition coefficient (Wildman–Crippen LogP) is 2.73. The van der Waals surface area contributed by atoms with Gasteiger partial charge in [-0.25, -0.2) is 21.1 Å². The Morgan fingerprint density at radius 1 is 0.935 bits per heavy atom. The number of anilines is 2. The SMILES string of the molecule is CC(=O)N(C)c1ccc(N(C(=O)C(C)CS(=O)(=O)c2ccc(Cl)cc2)S(C)(=O)=O)cc1. The summed E-state index contributed by atoms with van der Waals surface area (Å²) in [6.07, 6.45) is 0.862. The van der Waals surface area contributed by atoms with E-state index in [1.807, 2.05) is 0 Å². The number of carbonyl (C=O) groups excluding carboxylic acids is 2. The van der Waals surface area contributed by atoms with Crippen molar-refractivity contribution in [2.24, 2.45) is 5.92 Å². The topological polar surface area (TPSA) is 109 Å². The summed E-state index contributed by atoms with van der Waals surface area (Å²) in [7, 11) is -6.35. The van der Waals surface area contributed by atoms with Crippen LogP contribution in [0.3, 0.4) is 0 Å². The quantitative estimate of drug-likeness (QED) is 0.595. The summed E-state index contributed by atoms with van der Waals surface area (Å²) in [5.74, 6) is -2.82. The van der Waals surface area contributed by atoms with Crippen LogP contribution in [0.5, 0.6) is 0 Å². The van der Waals surface area contributed by atoms with Gasteiger partial charge in [-0.1, -0.05) is 18.5 Å². The fourth-order valence-corrected chi connectivity index (χ4v) is 5.50. The van der Waals surface area contributed by atoms with Crippen LogP contribution in [0.4, 0.5) is 11.4 Å². The van der Waals surface area contributed by atoms with Crippen LogP contribution in [0.15, 0.2) is 53.4 Å². The lowest BCUT2D eigenvalue weighted by Gasteiger charge is -2.24. The Labute approximate surface area is 187 Å². The van der Waals surface area contributed by atoms with Crippen LogP contribution in [-0.4, -0.2) is 47.7 Å². The van der Waals surface area contributed by atoms with Crippen molar-refractivity contribution in [2.45, 2.75) is 18.7 Å². The number of hydrogen-bond donors (Lipinski definition) is 0. The summed E-state index contributed by atoms with van der Waals surface area (Å²) in [6.45, 7) is 2.73. The smallest absolute Gasteiger partial charge is 0.244 e. The minimum absolute atomic E-state index is 0.0147. The molecule has 2 amide bonds. The van der Waals surface area contributed by atoms with Crippen LogP contribution in [0, 0.1) is 5.92 Å². The zero-order valence-electron chi connectivity index (χ0n) is 17.4. The van der Waals surface area contributed by atoms with Gasteiger partial charge in [-0.05, 0) is 48.5 Å². The summed E-state index contributed by atoms with van der Waals surface area (Å²) in [4.78, 5) is 25.8. The monoisotopic (exact) mass is 486 g/mol. The fraction of sp³-hybridized carbons (Fsp3) is 0.300. The van der Waals surface area contributed by atoms with E-state index in [0.717, 1.165) is 6.26 Å². The van der Waals surface area contributed by atoms with E-state index in [1.54, 1.807) is 7.05 Å². The molecule has 0 aromatic heterocycles. The molecule has 0 saturated heterocycles. The van der Waals surface area contributed by atoms with Crippen molar-refractivity contribution < 1.29 is 26.4 Å². The summed E-state index contributed by atoms with van der Waals surface area (Å²) in [5.41, 5.74) is 0.555. The third kappa shape index (κ3) is 6.05. The molecule has 1 unspecified atom stereocenters. The third-order valence-electron chi connectivity index (χ3n) is 4.54. The summed E-state index contributed by atoms with van der Waals surface area (Å²) in [5, 5.41) is 0.366. The van der Waals surface area contributed by atoms with Gasteiger partial charge in [0.2, 0.25) is 21.8 Å². The van der Waals surface area contributed by atoms with Gasteiger partial charge >= 0.3 is 0 Å². The Morgan fingerprint density at radius 3 is 1.87 bits per heavy atom. The van der Waals surface area contributed by atoms with Gasteiger partial charge in [0.1, 0.15) is 0 Å². The molecule has 0 saturated carbocycles. The van der Waals surface area contributed by atoms with Crippen molar-refractivity contribution in [1.82, 2.24) is 0 Å². The molecular weight excluding hydrogens is 464 g/mol. The summed E-state index contributed by atoms with van der Waals surface area (Å²) < 4.78 is 50.6. The Hall–Kier alpha value is -2.43. The van der Waals surface area contributed by atoms with Crippen LogP contribution < -0.4 is 9.21 Å². The highest BCUT2D eigenvalue weighted by Gasteiger charge is 2.32. The van der Waals surface area contributed by atoms with Crippen LogP contribution in [0.2, 0.25) is 5.02 Å². The van der Waals surface area contributed by atoms with Gasteiger partial charge in [0.15, 0.2) is 9.84 Å². The number of sulfone groups is 1. The average molecular weight is 487 g/mol. The van der Waals surface area contributed by atoms with Gasteiger partial charge in [-0.2, -0.15) is 0 Å². The molecule has 0 radical (unpaired) electrons. The van der Waals surface area contributed by atoms with E-state index in [1.165, 1.54) is 67.3 Å². The molecule has 11 heteroatoms. The Bertz CT molecular complexity index is 1180. The third-order valence-corrected chi connectivity index (χ3v) is 7.77. The highest BCUT2D eigenvalue weighted by molar-refractivity contribution is 7.93. The number of rotatable bonds is 7. The molecule has 0 aliphatic carbocycles. The predicted molar refractivity (Wildman–Crippen MR) is 121 cm³/mol. The largest absolute Gasteiger partial charge is 0.316 e. The van der Waals surface area contributed by atoms with Gasteiger partial charge in [0.05, 0.1) is 28.5 Å². The maximum atomic E-state index is 13.0. The molecule has 0 bridgehead atoms. The first-order valence-electron chi connectivity index (χ1n) is 9.11. The second-order valence-electron chi connectivity index (χ2n) is 7.10. The molecule has 0 fully saturated rings. The zero-order chi connectivity index (χ0) is 23.6. The van der Waals surface area contributed by atoms with E-state index in [9.17, 15) is 26.4 Å². The first kappa shape index (κ1) is 24.8. The van der Waals surface area contributed by atoms with Crippen LogP contribution in [0.1, 0.15) is 13.8 Å². The minimum Gasteiger partial charge on any atom is -0.316 e. The number of nitrogens with zero attached hydrogens (tertiary/aromatic N) is 2. The minimum atomic E-state index is -4.05. The van der Waals surface area contributed by atoms with Gasteiger partial charge in [-0.15, -0.1) is 0 Å². The standard InChI is InChI=1S/C20H23ClN2O6S2/c1-14(13-31(28,29)19-11-5-16(21)6-12-19)20(25)23(30(4,26)27)18-9-7-17(8-10-18)22(3)15(2)24/h5-12,14H,13H2,1-4H3. The van der Waals surface area contributed by atoms with E-state index >= 15 is 0 Å². The Kier molecular flexibility index (Phi) is 7.51. The lowest BCUT2D eigenvalue weighted by molar-refractivity contribution is -0.120. The molecule has 1 atom stereocenters. The number of sulfonamides is 1. The normalized spacial score (nSPS) is 12.8. The van der Waals surface area contributed by atoms with E-state index in [-0.39, 0.29) is 16.5 Å². The van der Waals surface area contributed by atoms with Crippen molar-refractivity contribution in [2.75, 3.05) is 28.3 Å². The molecule has 168 valence electrons. The van der Waals surface area contributed by atoms with Crippen molar-refractivity contribution in [3.63, 3.8) is 0 Å². The van der Waals surface area contributed by atoms with Crippen molar-refractivity contribution in [3.05, 3.63) is 53.6 Å². The summed E-state index contributed by atoms with van der Waals surface area (Å²) >= 11 is 5.78. The molecular formula is C20H23ClN2O6S2. The summed E-state index contributed by atoms with van der Waals surface area (Å²) in [6, 6.07) is 11.3. The van der Waals surface area contributed by atoms with Crippen molar-refractivity contribution >= 4 is 54.7 Å². The molecule has 0 aliphatic rings. The molecule has 8 nitrogen and oxygen atoms in total. The number of hydrogen-bond acceptors (Lipinski definition) is 6. The fourth-order valence-electron chi connectivity index (χ4n) is 2.81. The van der Waals surface area contributed by atoms with E-state index in [0.29, 0.717) is 15.0 Å². The van der Waals surface area contributed by atoms with E-state index < -0.39 is 37.4 Å². The van der Waals surface area contributed by atoms with Crippen LogP contribution >= 0.6 is 11.6 Å². The zero-order valence-corrected chi connectivity index (χ0v) is 19.8. The average Bonchev–Trinajstić information content (AvgIpc) is 2.66. The number of amides is 2. The number of benzene rings is 2. The Morgan fingerprint density at radius 2 is 1.42 bits per heavy atom. The maximum absolute atomic E-state index is 13.0. The first-order valence-corrected chi connectivity index (χ1v) is 13.0. The van der Waals surface area contributed by atoms with Gasteiger partial charge in [0, 0.05) is 24.7 Å². The van der Waals surface area contributed by atoms with Crippen LogP contribution in [-0.2, 0) is 29.4 Å². The second kappa shape index (κ2) is 9.37. The maximum Gasteiger partial charge on any atom is 0.244 e. The highest BCUT2D eigenvalue weighted by Crippen LogP contribution is 2.25. The lowest BCUT2D eigenvalue weighted by Crippen LogP contribution is -2.41. The number of halogens is 1. The lowest BCUT2D eigenvalue weighted by atomic mass is 10.2. The molecule has 2 aromatic carbocycles. The molecule has 2 aromatic rings. The Balaban J connectivity index is 2.33. The highest BCUT2D eigenvalue weighted by atomic mass is 35.5. The van der Waals surface area contributed by atoms with Crippen molar-refractivity contribution in [3.8, 4) is 0 Å². The molecule has 0 aliphatic heterocycles.